The van der Waals surface area contributed by atoms with Crippen molar-refractivity contribution in [2.75, 3.05) is 0 Å². The molecule has 0 N–H and O–H groups in total. The van der Waals surface area contributed by atoms with Gasteiger partial charge in [-0.25, -0.2) is 4.98 Å². The third-order valence-electron chi connectivity index (χ3n) is 3.12. The van der Waals surface area contributed by atoms with Crippen LogP contribution in [-0.2, 0) is 0 Å². The first-order valence-electron chi connectivity index (χ1n) is 5.94. The Bertz CT molecular complexity index is 859. The second-order valence-electron chi connectivity index (χ2n) is 4.46. The van der Waals surface area contributed by atoms with Gasteiger partial charge in [0.25, 0.3) is 0 Å². The summed E-state index contributed by atoms with van der Waals surface area (Å²) in [5.74, 6) is 0. The summed E-state index contributed by atoms with van der Waals surface area (Å²) in [4.78, 5) is 4.50. The molecule has 0 amide bonds. The van der Waals surface area contributed by atoms with Crippen LogP contribution in [0.2, 0.25) is 10.0 Å². The molecule has 98 valence electrons. The van der Waals surface area contributed by atoms with E-state index in [9.17, 15) is 5.26 Å². The highest BCUT2D eigenvalue weighted by atomic mass is 35.5. The first-order valence-corrected chi connectivity index (χ1v) is 6.70. The maximum atomic E-state index is 9.40. The molecule has 0 saturated carbocycles. The lowest BCUT2D eigenvalue weighted by Gasteiger charge is -2.01. The predicted molar refractivity (Wildman–Crippen MR) is 80.1 cm³/mol. The molecule has 0 aliphatic heterocycles. The van der Waals surface area contributed by atoms with Crippen molar-refractivity contribution >= 4 is 28.8 Å². The van der Waals surface area contributed by atoms with Gasteiger partial charge in [0, 0.05) is 16.8 Å². The van der Waals surface area contributed by atoms with Crippen LogP contribution in [0, 0.1) is 18.3 Å². The third kappa shape index (κ3) is 2.03. The number of imidazole rings is 1. The smallest absolute Gasteiger partial charge is 0.152 e. The number of nitrogens with zero attached hydrogens (tertiary/aromatic N) is 3. The summed E-state index contributed by atoms with van der Waals surface area (Å²) in [6.45, 7) is 1.92. The fraction of sp³-hybridized carbons (Fsp3) is 0.0667. The lowest BCUT2D eigenvalue weighted by atomic mass is 10.1. The number of pyridine rings is 1. The summed E-state index contributed by atoms with van der Waals surface area (Å²) >= 11 is 12.0. The van der Waals surface area contributed by atoms with Gasteiger partial charge in [0.15, 0.2) is 5.69 Å². The molecule has 3 nitrogen and oxygen atoms in total. The molecule has 2 heterocycles. The van der Waals surface area contributed by atoms with Crippen molar-refractivity contribution in [2.24, 2.45) is 0 Å². The van der Waals surface area contributed by atoms with Gasteiger partial charge in [-0.3, -0.25) is 4.40 Å². The molecule has 20 heavy (non-hydrogen) atoms. The van der Waals surface area contributed by atoms with Crippen molar-refractivity contribution in [3.63, 3.8) is 0 Å². The Kier molecular flexibility index (Phi) is 3.13. The molecular weight excluding hydrogens is 293 g/mol. The number of fused-ring (bicyclic) bond motifs is 1. The van der Waals surface area contributed by atoms with E-state index in [1.54, 1.807) is 22.7 Å². The van der Waals surface area contributed by atoms with E-state index in [0.717, 1.165) is 11.1 Å². The normalized spacial score (nSPS) is 10.7. The van der Waals surface area contributed by atoms with Crippen LogP contribution >= 0.6 is 23.2 Å². The molecule has 0 aliphatic rings. The molecule has 0 bridgehead atoms. The Morgan fingerprint density at radius 1 is 1.20 bits per heavy atom. The average Bonchev–Trinajstić information content (AvgIpc) is 2.79. The number of hydrogen-bond donors (Lipinski definition) is 0. The van der Waals surface area contributed by atoms with Crippen molar-refractivity contribution in [1.82, 2.24) is 9.38 Å². The summed E-state index contributed by atoms with van der Waals surface area (Å²) in [6, 6.07) is 11.3. The van der Waals surface area contributed by atoms with E-state index in [1.807, 2.05) is 25.1 Å². The minimum Gasteiger partial charge on any atom is -0.289 e. The molecule has 3 rings (SSSR count). The zero-order valence-electron chi connectivity index (χ0n) is 10.6. The van der Waals surface area contributed by atoms with Gasteiger partial charge < -0.3 is 0 Å². The first kappa shape index (κ1) is 13.0. The molecule has 3 aromatic rings. The number of hydrogen-bond acceptors (Lipinski definition) is 2. The number of benzene rings is 1. The van der Waals surface area contributed by atoms with Crippen LogP contribution in [0.25, 0.3) is 16.9 Å². The highest BCUT2D eigenvalue weighted by molar-refractivity contribution is 6.31. The van der Waals surface area contributed by atoms with Crippen LogP contribution in [-0.4, -0.2) is 9.38 Å². The van der Waals surface area contributed by atoms with Crippen molar-refractivity contribution in [3.8, 4) is 17.3 Å². The van der Waals surface area contributed by atoms with Crippen LogP contribution in [0.5, 0.6) is 0 Å². The quantitative estimate of drug-likeness (QED) is 0.664. The lowest BCUT2D eigenvalue weighted by molar-refractivity contribution is 1.15. The number of rotatable bonds is 1. The number of aromatic nitrogens is 2. The van der Waals surface area contributed by atoms with E-state index in [-0.39, 0.29) is 0 Å². The summed E-state index contributed by atoms with van der Waals surface area (Å²) < 4.78 is 1.70. The predicted octanol–water partition coefficient (Wildman–Crippen LogP) is 4.49. The Hall–Kier alpha value is -2.02. The SMILES string of the molecule is Cc1cc(-c2nc3ccc(Cl)cn3c2C#N)ccc1Cl. The van der Waals surface area contributed by atoms with Gasteiger partial charge in [-0.05, 0) is 36.8 Å². The summed E-state index contributed by atoms with van der Waals surface area (Å²) in [7, 11) is 0. The molecule has 1 aromatic carbocycles. The third-order valence-corrected chi connectivity index (χ3v) is 3.77. The molecular formula is C15H9Cl2N3. The fourth-order valence-corrected chi connectivity index (χ4v) is 2.40. The van der Waals surface area contributed by atoms with Crippen LogP contribution in [0.4, 0.5) is 0 Å². The van der Waals surface area contributed by atoms with E-state index in [2.05, 4.69) is 11.1 Å². The lowest BCUT2D eigenvalue weighted by Crippen LogP contribution is -1.89. The topological polar surface area (TPSA) is 41.1 Å². The Labute approximate surface area is 126 Å². The van der Waals surface area contributed by atoms with Gasteiger partial charge in [0.2, 0.25) is 0 Å². The van der Waals surface area contributed by atoms with Crippen molar-refractivity contribution < 1.29 is 0 Å². The van der Waals surface area contributed by atoms with Gasteiger partial charge in [-0.1, -0.05) is 29.3 Å². The summed E-state index contributed by atoms with van der Waals surface area (Å²) in [6.07, 6.45) is 1.69. The van der Waals surface area contributed by atoms with E-state index < -0.39 is 0 Å². The van der Waals surface area contributed by atoms with Crippen molar-refractivity contribution in [1.29, 1.82) is 5.26 Å². The standard InChI is InChI=1S/C15H9Cl2N3/c1-9-6-10(2-4-12(9)17)15-13(7-18)20-8-11(16)3-5-14(20)19-15/h2-6,8H,1H3. The molecule has 0 radical (unpaired) electrons. The Morgan fingerprint density at radius 3 is 2.70 bits per heavy atom. The zero-order valence-corrected chi connectivity index (χ0v) is 12.1. The molecule has 0 unspecified atom stereocenters. The molecule has 5 heteroatoms. The van der Waals surface area contributed by atoms with Crippen LogP contribution in [0.1, 0.15) is 11.3 Å². The Morgan fingerprint density at radius 2 is 2.00 bits per heavy atom. The Balaban J connectivity index is 2.31. The van der Waals surface area contributed by atoms with E-state index in [0.29, 0.717) is 27.1 Å². The van der Waals surface area contributed by atoms with Gasteiger partial charge in [-0.15, -0.1) is 0 Å². The highest BCUT2D eigenvalue weighted by Gasteiger charge is 2.14. The maximum absolute atomic E-state index is 9.40. The van der Waals surface area contributed by atoms with Crippen LogP contribution < -0.4 is 0 Å². The van der Waals surface area contributed by atoms with Crippen LogP contribution in [0.15, 0.2) is 36.5 Å². The molecule has 0 atom stereocenters. The second kappa shape index (κ2) is 4.82. The first-order chi connectivity index (χ1) is 9.60. The molecule has 0 fully saturated rings. The minimum atomic E-state index is 0.462. The molecule has 0 aliphatic carbocycles. The largest absolute Gasteiger partial charge is 0.289 e. The molecule has 0 saturated heterocycles. The van der Waals surface area contributed by atoms with Gasteiger partial charge in [0.05, 0.1) is 5.02 Å². The average molecular weight is 302 g/mol. The summed E-state index contributed by atoms with van der Waals surface area (Å²) in [5, 5.41) is 10.7. The highest BCUT2D eigenvalue weighted by Crippen LogP contribution is 2.28. The summed E-state index contributed by atoms with van der Waals surface area (Å²) in [5.41, 5.74) is 3.60. The number of halogens is 2. The second-order valence-corrected chi connectivity index (χ2v) is 5.30. The minimum absolute atomic E-state index is 0.462. The molecule has 2 aromatic heterocycles. The van der Waals surface area contributed by atoms with E-state index in [1.165, 1.54) is 0 Å². The van der Waals surface area contributed by atoms with Crippen molar-refractivity contribution in [3.05, 3.63) is 57.8 Å². The zero-order chi connectivity index (χ0) is 14.3. The monoisotopic (exact) mass is 301 g/mol. The van der Waals surface area contributed by atoms with Gasteiger partial charge in [0.1, 0.15) is 17.4 Å². The van der Waals surface area contributed by atoms with Crippen LogP contribution in [0.3, 0.4) is 0 Å². The fourth-order valence-electron chi connectivity index (χ4n) is 2.12. The van der Waals surface area contributed by atoms with E-state index >= 15 is 0 Å². The van der Waals surface area contributed by atoms with E-state index in [4.69, 9.17) is 23.2 Å². The number of aryl methyl sites for hydroxylation is 1. The van der Waals surface area contributed by atoms with Gasteiger partial charge in [-0.2, -0.15) is 5.26 Å². The molecule has 0 spiro atoms. The van der Waals surface area contributed by atoms with Gasteiger partial charge >= 0.3 is 0 Å². The number of nitriles is 1. The van der Waals surface area contributed by atoms with Crippen molar-refractivity contribution in [2.45, 2.75) is 6.92 Å². The maximum Gasteiger partial charge on any atom is 0.152 e.